The average molecular weight is 352 g/mol. The standard InChI is InChI=1S/C19H20N4OS/c1-4-21-19-23(22-14(2)15-9-11-20-12-10-15)18(13-25-19)16-5-7-17(24-3)8-6-16/h5-13H,4H2,1-3H3. The van der Waals surface area contributed by atoms with Crippen molar-refractivity contribution in [2.24, 2.45) is 10.1 Å². The molecule has 0 amide bonds. The van der Waals surface area contributed by atoms with Crippen LogP contribution in [0, 0.1) is 0 Å². The van der Waals surface area contributed by atoms with Gasteiger partial charge in [0.1, 0.15) is 5.75 Å². The summed E-state index contributed by atoms with van der Waals surface area (Å²) in [5.41, 5.74) is 4.03. The monoisotopic (exact) mass is 352 g/mol. The van der Waals surface area contributed by atoms with Gasteiger partial charge in [-0.25, -0.2) is 4.68 Å². The van der Waals surface area contributed by atoms with Gasteiger partial charge in [0.05, 0.1) is 18.5 Å². The molecular formula is C19H20N4OS. The Morgan fingerprint density at radius 1 is 1.16 bits per heavy atom. The normalized spacial score (nSPS) is 12.4. The molecule has 1 aromatic carbocycles. The molecule has 6 heteroatoms. The lowest BCUT2D eigenvalue weighted by Gasteiger charge is -2.07. The van der Waals surface area contributed by atoms with Crippen LogP contribution < -0.4 is 9.54 Å². The first-order valence-corrected chi connectivity index (χ1v) is 8.92. The summed E-state index contributed by atoms with van der Waals surface area (Å²) in [4.78, 5) is 9.51. The predicted octanol–water partition coefficient (Wildman–Crippen LogP) is 3.81. The summed E-state index contributed by atoms with van der Waals surface area (Å²) in [7, 11) is 1.67. The topological polar surface area (TPSA) is 51.8 Å². The quantitative estimate of drug-likeness (QED) is 0.656. The predicted molar refractivity (Wildman–Crippen MR) is 102 cm³/mol. The number of ether oxygens (including phenoxy) is 1. The van der Waals surface area contributed by atoms with Crippen LogP contribution in [0.25, 0.3) is 11.3 Å². The van der Waals surface area contributed by atoms with Gasteiger partial charge in [0.2, 0.25) is 4.80 Å². The molecule has 0 saturated carbocycles. The summed E-state index contributed by atoms with van der Waals surface area (Å²) in [6.45, 7) is 4.73. The van der Waals surface area contributed by atoms with Crippen LogP contribution in [0.5, 0.6) is 5.75 Å². The Hall–Kier alpha value is -2.73. The minimum Gasteiger partial charge on any atom is -0.497 e. The van der Waals surface area contributed by atoms with E-state index in [9.17, 15) is 0 Å². The Bertz CT molecular complexity index is 924. The number of nitrogens with zero attached hydrogens (tertiary/aromatic N) is 4. The van der Waals surface area contributed by atoms with Crippen molar-refractivity contribution in [1.29, 1.82) is 0 Å². The van der Waals surface area contributed by atoms with Crippen LogP contribution in [-0.4, -0.2) is 29.0 Å². The van der Waals surface area contributed by atoms with Crippen LogP contribution >= 0.6 is 11.3 Å². The fraction of sp³-hybridized carbons (Fsp3) is 0.211. The third-order valence-electron chi connectivity index (χ3n) is 3.71. The summed E-state index contributed by atoms with van der Waals surface area (Å²) >= 11 is 1.59. The SMILES string of the molecule is CCN=c1scc(-c2ccc(OC)cc2)n1N=C(C)c1ccncc1. The first-order chi connectivity index (χ1) is 12.2. The Kier molecular flexibility index (Phi) is 5.40. The molecule has 0 N–H and O–H groups in total. The molecule has 25 heavy (non-hydrogen) atoms. The number of hydrogen-bond acceptors (Lipinski definition) is 5. The molecule has 5 nitrogen and oxygen atoms in total. The van der Waals surface area contributed by atoms with Crippen molar-refractivity contribution in [2.45, 2.75) is 13.8 Å². The maximum atomic E-state index is 5.25. The second-order valence-electron chi connectivity index (χ2n) is 5.34. The molecule has 2 aromatic heterocycles. The van der Waals surface area contributed by atoms with E-state index < -0.39 is 0 Å². The second-order valence-corrected chi connectivity index (χ2v) is 6.18. The summed E-state index contributed by atoms with van der Waals surface area (Å²) in [6, 6.07) is 11.9. The highest BCUT2D eigenvalue weighted by Gasteiger charge is 2.09. The fourth-order valence-corrected chi connectivity index (χ4v) is 3.30. The van der Waals surface area contributed by atoms with Crippen LogP contribution in [0.2, 0.25) is 0 Å². The highest BCUT2D eigenvalue weighted by atomic mass is 32.1. The molecule has 0 atom stereocenters. The summed E-state index contributed by atoms with van der Waals surface area (Å²) in [5.74, 6) is 0.834. The zero-order valence-electron chi connectivity index (χ0n) is 14.5. The van der Waals surface area contributed by atoms with Crippen LogP contribution in [0.1, 0.15) is 19.4 Å². The first kappa shape index (κ1) is 17.1. The van der Waals surface area contributed by atoms with Crippen molar-refractivity contribution in [3.05, 3.63) is 64.5 Å². The minimum absolute atomic E-state index is 0.715. The van der Waals surface area contributed by atoms with Gasteiger partial charge in [-0.2, -0.15) is 5.10 Å². The summed E-state index contributed by atoms with van der Waals surface area (Å²) < 4.78 is 7.15. The minimum atomic E-state index is 0.715. The molecule has 0 spiro atoms. The van der Waals surface area contributed by atoms with E-state index in [1.54, 1.807) is 30.8 Å². The molecule has 3 aromatic rings. The molecule has 2 heterocycles. The van der Waals surface area contributed by atoms with Crippen molar-refractivity contribution in [3.8, 4) is 17.0 Å². The number of methoxy groups -OCH3 is 1. The number of rotatable bonds is 5. The van der Waals surface area contributed by atoms with Crippen LogP contribution in [0.3, 0.4) is 0 Å². The highest BCUT2D eigenvalue weighted by molar-refractivity contribution is 7.07. The van der Waals surface area contributed by atoms with Gasteiger partial charge in [-0.1, -0.05) is 0 Å². The van der Waals surface area contributed by atoms with E-state index >= 15 is 0 Å². The lowest BCUT2D eigenvalue weighted by molar-refractivity contribution is 0.415. The van der Waals surface area contributed by atoms with Crippen LogP contribution in [0.4, 0.5) is 0 Å². The van der Waals surface area contributed by atoms with Gasteiger partial charge in [-0.3, -0.25) is 9.98 Å². The molecule has 0 aliphatic heterocycles. The average Bonchev–Trinajstić information content (AvgIpc) is 3.05. The van der Waals surface area contributed by atoms with Crippen molar-refractivity contribution in [3.63, 3.8) is 0 Å². The van der Waals surface area contributed by atoms with Crippen LogP contribution in [0.15, 0.2) is 64.3 Å². The Balaban J connectivity index is 2.10. The van der Waals surface area contributed by atoms with Gasteiger partial charge in [-0.15, -0.1) is 11.3 Å². The zero-order valence-corrected chi connectivity index (χ0v) is 15.3. The number of pyridine rings is 1. The zero-order chi connectivity index (χ0) is 17.6. The lowest BCUT2D eigenvalue weighted by atomic mass is 10.1. The van der Waals surface area contributed by atoms with E-state index in [1.807, 2.05) is 54.9 Å². The van der Waals surface area contributed by atoms with Gasteiger partial charge >= 0.3 is 0 Å². The third kappa shape index (κ3) is 3.85. The largest absolute Gasteiger partial charge is 0.497 e. The molecule has 0 fully saturated rings. The van der Waals surface area contributed by atoms with E-state index in [-0.39, 0.29) is 0 Å². The molecule has 0 bridgehead atoms. The Labute approximate surface area is 151 Å². The van der Waals surface area contributed by atoms with E-state index in [2.05, 4.69) is 15.4 Å². The molecule has 0 unspecified atom stereocenters. The summed E-state index contributed by atoms with van der Waals surface area (Å²) in [6.07, 6.45) is 3.54. The van der Waals surface area contributed by atoms with Gasteiger partial charge in [0, 0.05) is 35.4 Å². The number of aromatic nitrogens is 2. The van der Waals surface area contributed by atoms with Crippen molar-refractivity contribution in [1.82, 2.24) is 9.66 Å². The second kappa shape index (κ2) is 7.90. The number of benzene rings is 1. The van der Waals surface area contributed by atoms with Gasteiger partial charge in [-0.05, 0) is 50.2 Å². The molecule has 128 valence electrons. The van der Waals surface area contributed by atoms with Crippen molar-refractivity contribution in [2.75, 3.05) is 13.7 Å². The van der Waals surface area contributed by atoms with E-state index in [4.69, 9.17) is 9.84 Å². The van der Waals surface area contributed by atoms with E-state index in [0.717, 1.165) is 33.1 Å². The van der Waals surface area contributed by atoms with E-state index in [1.165, 1.54) is 0 Å². The maximum Gasteiger partial charge on any atom is 0.206 e. The van der Waals surface area contributed by atoms with Crippen molar-refractivity contribution >= 4 is 17.0 Å². The lowest BCUT2D eigenvalue weighted by Crippen LogP contribution is -2.14. The number of hydrogen-bond donors (Lipinski definition) is 0. The van der Waals surface area contributed by atoms with Gasteiger partial charge in [0.25, 0.3) is 0 Å². The Morgan fingerprint density at radius 2 is 1.88 bits per heavy atom. The molecular weight excluding hydrogens is 332 g/mol. The molecule has 0 radical (unpaired) electrons. The summed E-state index contributed by atoms with van der Waals surface area (Å²) in [5, 5.41) is 6.90. The first-order valence-electron chi connectivity index (χ1n) is 8.04. The molecule has 0 aliphatic rings. The van der Waals surface area contributed by atoms with Gasteiger partial charge < -0.3 is 4.74 Å². The fourth-order valence-electron chi connectivity index (χ4n) is 2.40. The smallest absolute Gasteiger partial charge is 0.206 e. The number of thiazole rings is 1. The van der Waals surface area contributed by atoms with Crippen LogP contribution in [-0.2, 0) is 0 Å². The molecule has 3 rings (SSSR count). The van der Waals surface area contributed by atoms with E-state index in [0.29, 0.717) is 6.54 Å². The maximum absolute atomic E-state index is 5.25. The van der Waals surface area contributed by atoms with Crippen molar-refractivity contribution < 1.29 is 4.74 Å². The Morgan fingerprint density at radius 3 is 2.52 bits per heavy atom. The van der Waals surface area contributed by atoms with Gasteiger partial charge in [0.15, 0.2) is 0 Å². The highest BCUT2D eigenvalue weighted by Crippen LogP contribution is 2.23. The molecule has 0 saturated heterocycles. The third-order valence-corrected chi connectivity index (χ3v) is 4.57. The molecule has 0 aliphatic carbocycles.